The van der Waals surface area contributed by atoms with Gasteiger partial charge in [0, 0.05) is 0 Å². The number of fused-ring (bicyclic) bond motifs is 7. The van der Waals surface area contributed by atoms with Crippen molar-refractivity contribution in [2.75, 3.05) is 0 Å². The first-order chi connectivity index (χ1) is 15.1. The van der Waals surface area contributed by atoms with Crippen LogP contribution in [0.4, 0.5) is 0 Å². The zero-order valence-corrected chi connectivity index (χ0v) is 22.1. The number of carboxylic acid groups (broad SMARTS) is 1. The lowest BCUT2D eigenvalue weighted by Gasteiger charge is -2.68. The quantitative estimate of drug-likeness (QED) is 0.442. The van der Waals surface area contributed by atoms with E-state index in [1.807, 2.05) is 6.92 Å². The van der Waals surface area contributed by atoms with Crippen molar-refractivity contribution >= 4 is 5.97 Å². The minimum Gasteiger partial charge on any atom is -0.481 e. The van der Waals surface area contributed by atoms with Crippen LogP contribution >= 0.6 is 0 Å². The smallest absolute Gasteiger partial charge is 0.309 e. The molecular weight excluding hydrogens is 408 g/mol. The second kappa shape index (κ2) is 6.77. The summed E-state index contributed by atoms with van der Waals surface area (Å²) >= 11 is 0. The van der Waals surface area contributed by atoms with Crippen molar-refractivity contribution in [2.24, 2.45) is 44.3 Å². The van der Waals surface area contributed by atoms with Crippen LogP contribution < -0.4 is 0 Å². The molecule has 0 bridgehead atoms. The third-order valence-corrected chi connectivity index (χ3v) is 12.7. The molecule has 0 radical (unpaired) electrons. The molecule has 0 aromatic heterocycles. The third kappa shape index (κ3) is 2.81. The highest BCUT2D eigenvalue weighted by Crippen LogP contribution is 2.74. The normalized spacial score (nSPS) is 52.9. The minimum atomic E-state index is -0.619. The Morgan fingerprint density at radius 1 is 0.848 bits per heavy atom. The van der Waals surface area contributed by atoms with Gasteiger partial charge in [0.15, 0.2) is 0 Å². The summed E-state index contributed by atoms with van der Waals surface area (Å²) in [4.78, 5) is 12.2. The molecule has 0 aromatic rings. The van der Waals surface area contributed by atoms with Crippen LogP contribution in [0.15, 0.2) is 23.3 Å². The Morgan fingerprint density at radius 2 is 1.52 bits per heavy atom. The van der Waals surface area contributed by atoms with Gasteiger partial charge in [-0.25, -0.2) is 0 Å². The van der Waals surface area contributed by atoms with Gasteiger partial charge in [0.05, 0.1) is 11.5 Å². The Morgan fingerprint density at radius 3 is 2.18 bits per heavy atom. The third-order valence-electron chi connectivity index (χ3n) is 12.7. The monoisotopic (exact) mass is 454 g/mol. The van der Waals surface area contributed by atoms with Crippen molar-refractivity contribution in [2.45, 2.75) is 112 Å². The van der Waals surface area contributed by atoms with E-state index in [-0.39, 0.29) is 33.2 Å². The van der Waals surface area contributed by atoms with Gasteiger partial charge in [-0.15, -0.1) is 0 Å². The summed E-state index contributed by atoms with van der Waals surface area (Å²) in [6, 6.07) is 0. The summed E-state index contributed by atoms with van der Waals surface area (Å²) < 4.78 is 0. The van der Waals surface area contributed by atoms with Crippen LogP contribution in [0.2, 0.25) is 0 Å². The summed E-state index contributed by atoms with van der Waals surface area (Å²) in [7, 11) is 0. The molecule has 0 aromatic carbocycles. The van der Waals surface area contributed by atoms with E-state index < -0.39 is 11.4 Å². The molecule has 0 saturated heterocycles. The van der Waals surface area contributed by atoms with Crippen molar-refractivity contribution in [3.05, 3.63) is 23.3 Å². The lowest BCUT2D eigenvalue weighted by Crippen LogP contribution is -2.61. The molecule has 0 spiro atoms. The fourth-order valence-electron chi connectivity index (χ4n) is 9.84. The molecule has 2 N–H and O–H groups in total. The molecule has 4 fully saturated rings. The van der Waals surface area contributed by atoms with Gasteiger partial charge in [-0.3, -0.25) is 4.79 Å². The number of carboxylic acids is 1. The number of hydrogen-bond donors (Lipinski definition) is 2. The Balaban J connectivity index is 1.62. The molecule has 184 valence electrons. The number of allylic oxidation sites excluding steroid dienone is 4. The number of aliphatic hydroxyl groups excluding tert-OH is 1. The van der Waals surface area contributed by atoms with Crippen LogP contribution in [0.5, 0.6) is 0 Å². The average molecular weight is 455 g/mol. The topological polar surface area (TPSA) is 57.5 Å². The first-order valence-corrected chi connectivity index (χ1v) is 13.5. The largest absolute Gasteiger partial charge is 0.481 e. The Labute approximate surface area is 201 Å². The predicted octanol–water partition coefficient (Wildman–Crippen LogP) is 7.15. The van der Waals surface area contributed by atoms with Crippen LogP contribution in [0, 0.1) is 44.3 Å². The van der Waals surface area contributed by atoms with E-state index in [1.54, 1.807) is 11.1 Å². The van der Waals surface area contributed by atoms with Crippen LogP contribution in [0.25, 0.3) is 0 Å². The molecule has 0 aliphatic heterocycles. The number of aliphatic carboxylic acids is 1. The van der Waals surface area contributed by atoms with Gasteiger partial charge in [-0.2, -0.15) is 0 Å². The van der Waals surface area contributed by atoms with E-state index in [4.69, 9.17) is 0 Å². The van der Waals surface area contributed by atoms with Gasteiger partial charge in [0.25, 0.3) is 0 Å². The van der Waals surface area contributed by atoms with Gasteiger partial charge in [-0.1, -0.05) is 64.8 Å². The fraction of sp³-hybridized carbons (Fsp3) is 0.833. The highest BCUT2D eigenvalue weighted by atomic mass is 16.4. The van der Waals surface area contributed by atoms with Crippen LogP contribution in [0.3, 0.4) is 0 Å². The number of rotatable bonds is 1. The second-order valence-electron chi connectivity index (χ2n) is 14.5. The van der Waals surface area contributed by atoms with Crippen molar-refractivity contribution in [3.8, 4) is 0 Å². The zero-order chi connectivity index (χ0) is 24.2. The van der Waals surface area contributed by atoms with E-state index in [1.165, 1.54) is 25.7 Å². The van der Waals surface area contributed by atoms with Crippen molar-refractivity contribution < 1.29 is 15.0 Å². The van der Waals surface area contributed by atoms with E-state index >= 15 is 0 Å². The van der Waals surface area contributed by atoms with Crippen molar-refractivity contribution in [3.63, 3.8) is 0 Å². The standard InChI is InChI=1S/C30H46O3/c1-25(2)21-10-13-30(7)22(28(21,5)12-11-23(25)31)9-8-19-20-18-27(4,24(32)33)15-14-26(20,3)16-17-29(19,30)6/h8-9,20-21,23,31H,10-18H2,1-7H3,(H,32,33)/t20-,21-,23-,26+,27-,28-,29+,30+/m0/s1. The Bertz CT molecular complexity index is 944. The number of carbonyl (C=O) groups is 1. The number of aliphatic hydroxyl groups is 1. The molecule has 0 unspecified atom stereocenters. The molecule has 4 saturated carbocycles. The summed E-state index contributed by atoms with van der Waals surface area (Å²) in [5.74, 6) is 0.244. The van der Waals surface area contributed by atoms with E-state index in [2.05, 4.69) is 53.7 Å². The first kappa shape index (κ1) is 23.6. The summed E-state index contributed by atoms with van der Waals surface area (Å²) in [6.45, 7) is 16.5. The van der Waals surface area contributed by atoms with E-state index in [0.717, 1.165) is 32.1 Å². The summed E-state index contributed by atoms with van der Waals surface area (Å²) in [5, 5.41) is 20.9. The fourth-order valence-corrected chi connectivity index (χ4v) is 9.84. The Hall–Kier alpha value is -1.09. The molecule has 5 aliphatic carbocycles. The van der Waals surface area contributed by atoms with Crippen LogP contribution in [-0.4, -0.2) is 22.3 Å². The first-order valence-electron chi connectivity index (χ1n) is 13.5. The molecule has 3 nitrogen and oxygen atoms in total. The lowest BCUT2D eigenvalue weighted by molar-refractivity contribution is -0.155. The molecule has 5 aliphatic rings. The van der Waals surface area contributed by atoms with E-state index in [0.29, 0.717) is 11.8 Å². The second-order valence-corrected chi connectivity index (χ2v) is 14.5. The molecule has 0 amide bonds. The Kier molecular flexibility index (Phi) is 4.85. The number of hydrogen-bond acceptors (Lipinski definition) is 2. The highest BCUT2D eigenvalue weighted by Gasteiger charge is 2.66. The minimum absolute atomic E-state index is 0.0577. The van der Waals surface area contributed by atoms with Gasteiger partial charge in [0.2, 0.25) is 0 Å². The predicted molar refractivity (Wildman–Crippen MR) is 133 cm³/mol. The van der Waals surface area contributed by atoms with Crippen molar-refractivity contribution in [1.82, 2.24) is 0 Å². The molecular formula is C30H46O3. The molecule has 0 heterocycles. The van der Waals surface area contributed by atoms with Gasteiger partial charge < -0.3 is 10.2 Å². The average Bonchev–Trinajstić information content (AvgIpc) is 2.73. The maximum Gasteiger partial charge on any atom is 0.309 e. The maximum atomic E-state index is 12.2. The van der Waals surface area contributed by atoms with Crippen molar-refractivity contribution in [1.29, 1.82) is 0 Å². The zero-order valence-electron chi connectivity index (χ0n) is 22.1. The lowest BCUT2D eigenvalue weighted by atomic mass is 9.36. The van der Waals surface area contributed by atoms with Gasteiger partial charge in [0.1, 0.15) is 0 Å². The molecule has 3 heteroatoms. The van der Waals surface area contributed by atoms with Crippen LogP contribution in [-0.2, 0) is 4.79 Å². The summed E-state index contributed by atoms with van der Waals surface area (Å²) in [5.41, 5.74) is 3.05. The van der Waals surface area contributed by atoms with Gasteiger partial charge in [-0.05, 0) is 104 Å². The van der Waals surface area contributed by atoms with Crippen LogP contribution in [0.1, 0.15) is 106 Å². The van der Waals surface area contributed by atoms with Gasteiger partial charge >= 0.3 is 5.97 Å². The maximum absolute atomic E-state index is 12.2. The SMILES string of the molecule is CC1(C)[C@@H](O)CC[C@]2(C)C3=CC=C4[C@@H]5C[C@@](C)(C(=O)O)CC[C@]5(C)CC[C@@]4(C)[C@]3(C)CC[C@@H]12. The van der Waals surface area contributed by atoms with E-state index in [9.17, 15) is 15.0 Å². The summed E-state index contributed by atoms with van der Waals surface area (Å²) in [6.07, 6.45) is 14.0. The molecule has 5 rings (SSSR count). The molecule has 8 atom stereocenters. The highest BCUT2D eigenvalue weighted by molar-refractivity contribution is 5.74. The molecule has 33 heavy (non-hydrogen) atoms.